The van der Waals surface area contributed by atoms with E-state index in [1.807, 2.05) is 13.8 Å². The number of sulfonamides is 1. The molecule has 0 aliphatic heterocycles. The molecule has 0 radical (unpaired) electrons. The van der Waals surface area contributed by atoms with Crippen LogP contribution in [0.4, 0.5) is 10.1 Å². The van der Waals surface area contributed by atoms with Crippen LogP contribution < -0.4 is 14.8 Å². The molecule has 2 N–H and O–H groups in total. The van der Waals surface area contributed by atoms with E-state index < -0.39 is 28.3 Å². The molecule has 0 bridgehead atoms. The fraction of sp³-hybridized carbons (Fsp3) is 0.278. The zero-order valence-electron chi connectivity index (χ0n) is 14.7. The molecule has 0 aromatic heterocycles. The maximum atomic E-state index is 13.1. The average Bonchev–Trinajstić information content (AvgIpc) is 2.54. The van der Waals surface area contributed by atoms with Gasteiger partial charge in [0.25, 0.3) is 0 Å². The first kappa shape index (κ1) is 19.9. The highest BCUT2D eigenvalue weighted by Gasteiger charge is 2.18. The lowest BCUT2D eigenvalue weighted by Crippen LogP contribution is -2.33. The predicted octanol–water partition coefficient (Wildman–Crippen LogP) is 2.84. The summed E-state index contributed by atoms with van der Waals surface area (Å²) in [6.07, 6.45) is 0.0415. The van der Waals surface area contributed by atoms with Crippen LogP contribution in [-0.4, -0.2) is 27.0 Å². The van der Waals surface area contributed by atoms with E-state index in [1.54, 1.807) is 24.3 Å². The maximum absolute atomic E-state index is 13.1. The topological polar surface area (TPSA) is 84.5 Å². The van der Waals surface area contributed by atoms with Crippen molar-refractivity contribution < 1.29 is 22.3 Å². The van der Waals surface area contributed by atoms with Crippen molar-refractivity contribution in [3.63, 3.8) is 0 Å². The van der Waals surface area contributed by atoms with Gasteiger partial charge in [0.1, 0.15) is 11.6 Å². The van der Waals surface area contributed by atoms with E-state index in [9.17, 15) is 17.6 Å². The highest BCUT2D eigenvalue weighted by atomic mass is 32.2. The zero-order chi connectivity index (χ0) is 19.3. The summed E-state index contributed by atoms with van der Waals surface area (Å²) in [5, 5.41) is 2.59. The van der Waals surface area contributed by atoms with Crippen molar-refractivity contribution in [3.8, 4) is 5.75 Å². The third-order valence-electron chi connectivity index (χ3n) is 3.36. The standard InChI is InChI=1S/C18H21FN2O4S/c1-12(2)25-16-7-5-15(6-8-16)21-18(22)11-20-26(23,24)17-9-4-14(19)10-13(17)3/h4-10,12,20H,11H2,1-3H3,(H,21,22). The van der Waals surface area contributed by atoms with Gasteiger partial charge < -0.3 is 10.1 Å². The summed E-state index contributed by atoms with van der Waals surface area (Å²) in [6, 6.07) is 10.1. The van der Waals surface area contributed by atoms with E-state index in [1.165, 1.54) is 13.0 Å². The smallest absolute Gasteiger partial charge is 0.241 e. The average molecular weight is 380 g/mol. The second-order valence-corrected chi connectivity index (χ2v) is 7.71. The summed E-state index contributed by atoms with van der Waals surface area (Å²) in [5.41, 5.74) is 0.780. The number of halogens is 1. The van der Waals surface area contributed by atoms with Crippen LogP contribution in [0.2, 0.25) is 0 Å². The second kappa shape index (κ2) is 8.29. The Labute approximate surface area is 152 Å². The minimum atomic E-state index is -3.91. The Morgan fingerprint density at radius 1 is 1.15 bits per heavy atom. The predicted molar refractivity (Wildman–Crippen MR) is 97.2 cm³/mol. The van der Waals surface area contributed by atoms with Crippen molar-refractivity contribution in [2.45, 2.75) is 31.8 Å². The maximum Gasteiger partial charge on any atom is 0.241 e. The Morgan fingerprint density at radius 2 is 1.81 bits per heavy atom. The Balaban J connectivity index is 1.95. The van der Waals surface area contributed by atoms with Crippen LogP contribution >= 0.6 is 0 Å². The number of carbonyl (C=O) groups excluding carboxylic acids is 1. The Hall–Kier alpha value is -2.45. The molecule has 6 nitrogen and oxygen atoms in total. The number of ether oxygens (including phenoxy) is 1. The fourth-order valence-electron chi connectivity index (χ4n) is 2.25. The molecule has 2 aromatic rings. The number of amides is 1. The molecule has 0 saturated heterocycles. The number of benzene rings is 2. The molecule has 2 rings (SSSR count). The molecule has 26 heavy (non-hydrogen) atoms. The molecule has 0 unspecified atom stereocenters. The van der Waals surface area contributed by atoms with Gasteiger partial charge in [0, 0.05) is 5.69 Å². The van der Waals surface area contributed by atoms with Crippen LogP contribution in [0.15, 0.2) is 47.4 Å². The van der Waals surface area contributed by atoms with Crippen molar-refractivity contribution in [3.05, 3.63) is 53.8 Å². The minimum absolute atomic E-state index is 0.0415. The molecular formula is C18H21FN2O4S. The van der Waals surface area contributed by atoms with E-state index in [0.717, 1.165) is 12.1 Å². The molecule has 2 aromatic carbocycles. The number of hydrogen-bond donors (Lipinski definition) is 2. The highest BCUT2D eigenvalue weighted by molar-refractivity contribution is 7.89. The lowest BCUT2D eigenvalue weighted by molar-refractivity contribution is -0.115. The van der Waals surface area contributed by atoms with Gasteiger partial charge in [-0.1, -0.05) is 0 Å². The van der Waals surface area contributed by atoms with Crippen molar-refractivity contribution in [1.29, 1.82) is 0 Å². The van der Waals surface area contributed by atoms with Gasteiger partial charge in [-0.25, -0.2) is 17.5 Å². The quantitative estimate of drug-likeness (QED) is 0.774. The van der Waals surface area contributed by atoms with Crippen molar-refractivity contribution in [2.75, 3.05) is 11.9 Å². The van der Waals surface area contributed by atoms with Crippen LogP contribution in [0.25, 0.3) is 0 Å². The third kappa shape index (κ3) is 5.53. The number of hydrogen-bond acceptors (Lipinski definition) is 4. The van der Waals surface area contributed by atoms with Crippen LogP contribution in [0.5, 0.6) is 5.75 Å². The van der Waals surface area contributed by atoms with E-state index in [0.29, 0.717) is 11.4 Å². The van der Waals surface area contributed by atoms with Gasteiger partial charge in [-0.3, -0.25) is 4.79 Å². The molecule has 0 fully saturated rings. The summed E-state index contributed by atoms with van der Waals surface area (Å²) in [7, 11) is -3.91. The Bertz CT molecular complexity index is 881. The molecule has 140 valence electrons. The third-order valence-corrected chi connectivity index (χ3v) is 4.92. The number of aryl methyl sites for hydroxylation is 1. The van der Waals surface area contributed by atoms with Crippen LogP contribution in [-0.2, 0) is 14.8 Å². The second-order valence-electron chi connectivity index (χ2n) is 5.97. The van der Waals surface area contributed by atoms with Gasteiger partial charge in [0.05, 0.1) is 17.5 Å². The van der Waals surface area contributed by atoms with Gasteiger partial charge >= 0.3 is 0 Å². The van der Waals surface area contributed by atoms with Gasteiger partial charge in [0.15, 0.2) is 0 Å². The summed E-state index contributed by atoms with van der Waals surface area (Å²) < 4.78 is 45.3. The SMILES string of the molecule is Cc1cc(F)ccc1S(=O)(=O)NCC(=O)Nc1ccc(OC(C)C)cc1. The lowest BCUT2D eigenvalue weighted by Gasteiger charge is -2.11. The summed E-state index contributed by atoms with van der Waals surface area (Å²) in [5.74, 6) is -0.375. The molecule has 8 heteroatoms. The number of anilines is 1. The number of carbonyl (C=O) groups is 1. The van der Waals surface area contributed by atoms with Crippen molar-refractivity contribution >= 4 is 21.6 Å². The van der Waals surface area contributed by atoms with Crippen molar-refractivity contribution in [1.82, 2.24) is 4.72 Å². The highest BCUT2D eigenvalue weighted by Crippen LogP contribution is 2.17. The van der Waals surface area contributed by atoms with Gasteiger partial charge in [0.2, 0.25) is 15.9 Å². The fourth-order valence-corrected chi connectivity index (χ4v) is 3.45. The Kier molecular flexibility index (Phi) is 6.33. The molecule has 0 spiro atoms. The number of rotatable bonds is 7. The molecule has 1 amide bonds. The van der Waals surface area contributed by atoms with Gasteiger partial charge in [-0.2, -0.15) is 0 Å². The van der Waals surface area contributed by atoms with Crippen molar-refractivity contribution in [2.24, 2.45) is 0 Å². The molecule has 0 aliphatic rings. The molecule has 0 aliphatic carbocycles. The minimum Gasteiger partial charge on any atom is -0.491 e. The first-order chi connectivity index (χ1) is 12.2. The van der Waals surface area contributed by atoms with E-state index in [-0.39, 0.29) is 16.6 Å². The molecular weight excluding hydrogens is 359 g/mol. The van der Waals surface area contributed by atoms with E-state index >= 15 is 0 Å². The van der Waals surface area contributed by atoms with E-state index in [4.69, 9.17) is 4.74 Å². The normalized spacial score (nSPS) is 11.4. The van der Waals surface area contributed by atoms with Crippen LogP contribution in [0, 0.1) is 12.7 Å². The molecule has 0 saturated carbocycles. The van der Waals surface area contributed by atoms with Gasteiger partial charge in [-0.05, 0) is 68.8 Å². The largest absolute Gasteiger partial charge is 0.491 e. The van der Waals surface area contributed by atoms with Gasteiger partial charge in [-0.15, -0.1) is 0 Å². The van der Waals surface area contributed by atoms with Crippen LogP contribution in [0.1, 0.15) is 19.4 Å². The summed E-state index contributed by atoms with van der Waals surface area (Å²) in [4.78, 5) is 11.9. The van der Waals surface area contributed by atoms with Crippen LogP contribution in [0.3, 0.4) is 0 Å². The first-order valence-corrected chi connectivity index (χ1v) is 9.48. The summed E-state index contributed by atoms with van der Waals surface area (Å²) in [6.45, 7) is 4.86. The monoisotopic (exact) mass is 380 g/mol. The number of nitrogens with one attached hydrogen (secondary N) is 2. The summed E-state index contributed by atoms with van der Waals surface area (Å²) >= 11 is 0. The molecule has 0 atom stereocenters. The zero-order valence-corrected chi connectivity index (χ0v) is 15.6. The lowest BCUT2D eigenvalue weighted by atomic mass is 10.2. The molecule has 0 heterocycles. The Morgan fingerprint density at radius 3 is 2.38 bits per heavy atom. The first-order valence-electron chi connectivity index (χ1n) is 8.00. The van der Waals surface area contributed by atoms with E-state index in [2.05, 4.69) is 10.0 Å².